The number of hydrogen-bond donors (Lipinski definition) is 0. The van der Waals surface area contributed by atoms with Crippen LogP contribution in [-0.2, 0) is 11.4 Å². The molecule has 0 atom stereocenters. The zero-order valence-electron chi connectivity index (χ0n) is 18.5. The molecule has 4 aromatic rings. The third-order valence-electron chi connectivity index (χ3n) is 6.06. The van der Waals surface area contributed by atoms with Crippen LogP contribution in [0.3, 0.4) is 0 Å². The number of oxime groups is 1. The normalized spacial score (nSPS) is 15.5. The molecule has 0 saturated heterocycles. The summed E-state index contributed by atoms with van der Waals surface area (Å²) in [5.74, 6) is 0. The highest BCUT2D eigenvalue weighted by molar-refractivity contribution is 6.29. The van der Waals surface area contributed by atoms with E-state index in [9.17, 15) is 0 Å². The minimum absolute atomic E-state index is 0.689. The van der Waals surface area contributed by atoms with Crippen molar-refractivity contribution in [3.8, 4) is 11.3 Å². The van der Waals surface area contributed by atoms with Crippen LogP contribution < -0.4 is 0 Å². The Labute approximate surface area is 188 Å². The predicted molar refractivity (Wildman–Crippen MR) is 129 cm³/mol. The van der Waals surface area contributed by atoms with Gasteiger partial charge in [-0.1, -0.05) is 82.7 Å². The zero-order valence-corrected chi connectivity index (χ0v) is 18.5. The van der Waals surface area contributed by atoms with Gasteiger partial charge in [0.25, 0.3) is 0 Å². The van der Waals surface area contributed by atoms with Crippen molar-refractivity contribution in [1.29, 1.82) is 0 Å². The van der Waals surface area contributed by atoms with Crippen LogP contribution in [0.2, 0.25) is 0 Å². The molecule has 5 nitrogen and oxygen atoms in total. The fourth-order valence-corrected chi connectivity index (χ4v) is 4.60. The van der Waals surface area contributed by atoms with Gasteiger partial charge in [0.1, 0.15) is 12.8 Å². The summed E-state index contributed by atoms with van der Waals surface area (Å²) in [5, 5.41) is 15.8. The highest BCUT2D eigenvalue weighted by Crippen LogP contribution is 2.40. The van der Waals surface area contributed by atoms with Gasteiger partial charge in [0.2, 0.25) is 0 Å². The number of nitrogens with zero attached hydrogens (tertiary/aromatic N) is 4. The van der Waals surface area contributed by atoms with E-state index >= 15 is 0 Å². The molecule has 0 aliphatic heterocycles. The molecule has 1 heterocycles. The van der Waals surface area contributed by atoms with E-state index in [2.05, 4.69) is 70.9 Å². The molecule has 1 aliphatic rings. The molecule has 5 heteroatoms. The second kappa shape index (κ2) is 8.79. The van der Waals surface area contributed by atoms with E-state index in [4.69, 9.17) is 4.84 Å². The minimum atomic E-state index is 0.689. The van der Waals surface area contributed by atoms with E-state index in [0.29, 0.717) is 6.54 Å². The summed E-state index contributed by atoms with van der Waals surface area (Å²) in [6.07, 6.45) is 5.09. The van der Waals surface area contributed by atoms with E-state index in [0.717, 1.165) is 36.2 Å². The van der Waals surface area contributed by atoms with E-state index in [1.807, 2.05) is 29.1 Å². The topological polar surface area (TPSA) is 52.3 Å². The number of allylic oxidation sites excluding steroid dienone is 2. The highest BCUT2D eigenvalue weighted by Gasteiger charge is 2.24. The Morgan fingerprint density at radius 2 is 1.78 bits per heavy atom. The van der Waals surface area contributed by atoms with Gasteiger partial charge in [0, 0.05) is 16.7 Å². The lowest BCUT2D eigenvalue weighted by molar-refractivity contribution is 0.213. The summed E-state index contributed by atoms with van der Waals surface area (Å²) in [6, 6.07) is 23.2. The van der Waals surface area contributed by atoms with Crippen molar-refractivity contribution >= 4 is 22.1 Å². The van der Waals surface area contributed by atoms with Crippen molar-refractivity contribution in [3.63, 3.8) is 0 Å². The van der Waals surface area contributed by atoms with Crippen LogP contribution in [-0.4, -0.2) is 27.8 Å². The maximum absolute atomic E-state index is 5.23. The molecule has 0 fully saturated rings. The van der Waals surface area contributed by atoms with Gasteiger partial charge in [-0.3, -0.25) is 0 Å². The first-order valence-corrected chi connectivity index (χ1v) is 11.0. The number of aromatic nitrogens is 3. The van der Waals surface area contributed by atoms with Crippen LogP contribution in [0.15, 0.2) is 83.7 Å². The van der Waals surface area contributed by atoms with Crippen molar-refractivity contribution in [2.45, 2.75) is 32.7 Å². The number of benzene rings is 3. The van der Waals surface area contributed by atoms with Crippen LogP contribution in [0.25, 0.3) is 27.6 Å². The lowest BCUT2D eigenvalue weighted by Gasteiger charge is -2.23. The maximum atomic E-state index is 5.23. The van der Waals surface area contributed by atoms with Crippen molar-refractivity contribution in [2.24, 2.45) is 5.16 Å². The molecular weight excluding hydrogens is 396 g/mol. The molecule has 32 heavy (non-hydrogen) atoms. The SMILES string of the molecule is CO/N=C1\CCCC(C)=C1c1c(-c2cn(Cc3ccccc3)nn2)ccc2ccccc12. The summed E-state index contributed by atoms with van der Waals surface area (Å²) >= 11 is 0. The average Bonchev–Trinajstić information content (AvgIpc) is 3.28. The Morgan fingerprint density at radius 1 is 0.969 bits per heavy atom. The van der Waals surface area contributed by atoms with E-state index in [1.165, 1.54) is 33.0 Å². The monoisotopic (exact) mass is 422 g/mol. The molecule has 0 N–H and O–H groups in total. The van der Waals surface area contributed by atoms with Gasteiger partial charge in [-0.2, -0.15) is 0 Å². The molecule has 0 saturated carbocycles. The Hall–Kier alpha value is -3.73. The lowest BCUT2D eigenvalue weighted by atomic mass is 9.82. The minimum Gasteiger partial charge on any atom is -0.399 e. The molecule has 1 aliphatic carbocycles. The predicted octanol–water partition coefficient (Wildman–Crippen LogP) is 6.11. The molecule has 0 bridgehead atoms. The Balaban J connectivity index is 1.68. The van der Waals surface area contributed by atoms with Gasteiger partial charge >= 0.3 is 0 Å². The molecule has 1 aromatic heterocycles. The second-order valence-electron chi connectivity index (χ2n) is 8.23. The summed E-state index contributed by atoms with van der Waals surface area (Å²) in [6.45, 7) is 2.90. The number of fused-ring (bicyclic) bond motifs is 1. The van der Waals surface area contributed by atoms with Crippen LogP contribution in [0.5, 0.6) is 0 Å². The molecule has 3 aromatic carbocycles. The van der Waals surface area contributed by atoms with Gasteiger partial charge in [-0.05, 0) is 42.5 Å². The van der Waals surface area contributed by atoms with Crippen molar-refractivity contribution in [3.05, 3.63) is 89.6 Å². The summed E-state index contributed by atoms with van der Waals surface area (Å²) < 4.78 is 1.90. The molecule has 5 rings (SSSR count). The van der Waals surface area contributed by atoms with Crippen molar-refractivity contribution in [1.82, 2.24) is 15.0 Å². The molecule has 0 amide bonds. The molecule has 0 radical (unpaired) electrons. The van der Waals surface area contributed by atoms with Gasteiger partial charge in [-0.15, -0.1) is 5.10 Å². The highest BCUT2D eigenvalue weighted by atomic mass is 16.6. The molecule has 160 valence electrons. The molecule has 0 spiro atoms. The van der Waals surface area contributed by atoms with Crippen molar-refractivity contribution < 1.29 is 4.84 Å². The van der Waals surface area contributed by atoms with Gasteiger partial charge < -0.3 is 4.84 Å². The summed E-state index contributed by atoms with van der Waals surface area (Å²) in [5.41, 5.74) is 7.83. The maximum Gasteiger partial charge on any atom is 0.113 e. The molecule has 0 unspecified atom stereocenters. The van der Waals surface area contributed by atoms with Crippen LogP contribution in [0.4, 0.5) is 0 Å². The fraction of sp³-hybridized carbons (Fsp3) is 0.222. The number of rotatable bonds is 5. The Bertz CT molecular complexity index is 1320. The Kier molecular flexibility index (Phi) is 5.55. The average molecular weight is 423 g/mol. The first kappa shape index (κ1) is 20.2. The van der Waals surface area contributed by atoms with Crippen molar-refractivity contribution in [2.75, 3.05) is 7.11 Å². The second-order valence-corrected chi connectivity index (χ2v) is 8.23. The number of hydrogen-bond acceptors (Lipinski definition) is 4. The van der Waals surface area contributed by atoms with E-state index < -0.39 is 0 Å². The lowest BCUT2D eigenvalue weighted by Crippen LogP contribution is -2.12. The largest absolute Gasteiger partial charge is 0.399 e. The third kappa shape index (κ3) is 3.82. The summed E-state index contributed by atoms with van der Waals surface area (Å²) in [4.78, 5) is 5.23. The first-order valence-electron chi connectivity index (χ1n) is 11.0. The van der Waals surface area contributed by atoms with Crippen LogP contribution in [0, 0.1) is 0 Å². The van der Waals surface area contributed by atoms with E-state index in [1.54, 1.807) is 7.11 Å². The smallest absolute Gasteiger partial charge is 0.113 e. The van der Waals surface area contributed by atoms with Crippen LogP contribution >= 0.6 is 0 Å². The zero-order chi connectivity index (χ0) is 21.9. The quantitative estimate of drug-likeness (QED) is 0.365. The standard InChI is InChI=1S/C27H26N4O/c1-19-9-8-14-24(29-32-2)26(19)27-22-13-7-6-12-21(22)15-16-23(27)25-18-31(30-28-25)17-20-10-4-3-5-11-20/h3-7,10-13,15-16,18H,8-9,14,17H2,1-2H3/b29-24+. The molecular formula is C27H26N4O. The van der Waals surface area contributed by atoms with Gasteiger partial charge in [0.05, 0.1) is 18.5 Å². The third-order valence-corrected chi connectivity index (χ3v) is 6.06. The van der Waals surface area contributed by atoms with E-state index in [-0.39, 0.29) is 0 Å². The summed E-state index contributed by atoms with van der Waals surface area (Å²) in [7, 11) is 1.62. The van der Waals surface area contributed by atoms with Gasteiger partial charge in [-0.25, -0.2) is 4.68 Å². The Morgan fingerprint density at radius 3 is 2.62 bits per heavy atom. The fourth-order valence-electron chi connectivity index (χ4n) is 4.60. The first-order chi connectivity index (χ1) is 15.7. The van der Waals surface area contributed by atoms with Gasteiger partial charge in [0.15, 0.2) is 0 Å². The van der Waals surface area contributed by atoms with Crippen LogP contribution in [0.1, 0.15) is 37.3 Å².